The summed E-state index contributed by atoms with van der Waals surface area (Å²) in [6.07, 6.45) is 0.710. The third-order valence-electron chi connectivity index (χ3n) is 2.70. The fraction of sp³-hybridized carbons (Fsp3) is 0.308. The van der Waals surface area contributed by atoms with Gasteiger partial charge in [-0.1, -0.05) is 6.92 Å². The second-order valence-electron chi connectivity index (χ2n) is 4.22. The molecule has 106 valence electrons. The number of carbonyl (C=O) groups is 2. The molecule has 2 rings (SSSR count). The predicted octanol–water partition coefficient (Wildman–Crippen LogP) is 2.87. The van der Waals surface area contributed by atoms with E-state index >= 15 is 0 Å². The Labute approximate surface area is 119 Å². The summed E-state index contributed by atoms with van der Waals surface area (Å²) in [5.41, 5.74) is 0.568. The smallest absolute Gasteiger partial charge is 0.338 e. The van der Waals surface area contributed by atoms with Gasteiger partial charge in [0.05, 0.1) is 11.3 Å². The van der Waals surface area contributed by atoms with E-state index in [2.05, 4.69) is 10.3 Å². The Morgan fingerprint density at radius 2 is 2.15 bits per heavy atom. The second-order valence-corrected chi connectivity index (χ2v) is 5.35. The van der Waals surface area contributed by atoms with E-state index in [1.54, 1.807) is 19.9 Å². The van der Waals surface area contributed by atoms with E-state index in [9.17, 15) is 9.59 Å². The minimum Gasteiger partial charge on any atom is -0.478 e. The molecule has 0 radical (unpaired) electrons. The van der Waals surface area contributed by atoms with E-state index < -0.39 is 11.9 Å². The molecule has 0 saturated carbocycles. The quantitative estimate of drug-likeness (QED) is 0.904. The van der Waals surface area contributed by atoms with Gasteiger partial charge in [0.25, 0.3) is 5.91 Å². The largest absolute Gasteiger partial charge is 0.478 e. The summed E-state index contributed by atoms with van der Waals surface area (Å²) in [5.74, 6) is -1.06. The molecule has 0 aromatic carbocycles. The van der Waals surface area contributed by atoms with Crippen LogP contribution in [-0.4, -0.2) is 22.0 Å². The van der Waals surface area contributed by atoms with E-state index in [1.807, 2.05) is 6.92 Å². The zero-order chi connectivity index (χ0) is 14.9. The number of anilines is 1. The molecule has 1 amide bonds. The minimum atomic E-state index is -1.07. The first-order chi connectivity index (χ1) is 9.42. The minimum absolute atomic E-state index is 0.0918. The monoisotopic (exact) mass is 294 g/mol. The molecule has 2 heterocycles. The van der Waals surface area contributed by atoms with Gasteiger partial charge < -0.3 is 14.8 Å². The van der Waals surface area contributed by atoms with E-state index in [4.69, 9.17) is 9.52 Å². The highest BCUT2D eigenvalue weighted by Gasteiger charge is 2.21. The van der Waals surface area contributed by atoms with Crippen molar-refractivity contribution in [3.63, 3.8) is 0 Å². The Balaban J connectivity index is 2.30. The number of aryl methyl sites for hydroxylation is 3. The van der Waals surface area contributed by atoms with E-state index in [0.717, 1.165) is 4.88 Å². The molecule has 6 nitrogen and oxygen atoms in total. The fourth-order valence-corrected chi connectivity index (χ4v) is 2.75. The first-order valence-electron chi connectivity index (χ1n) is 6.03. The Bertz CT molecular complexity index is 672. The van der Waals surface area contributed by atoms with Gasteiger partial charge in [-0.15, -0.1) is 11.3 Å². The number of hydrogen-bond donors (Lipinski definition) is 2. The van der Waals surface area contributed by atoms with Gasteiger partial charge in [-0.25, -0.2) is 9.78 Å². The van der Waals surface area contributed by atoms with Crippen molar-refractivity contribution in [3.8, 4) is 0 Å². The molecule has 0 spiro atoms. The van der Waals surface area contributed by atoms with Crippen molar-refractivity contribution in [2.24, 2.45) is 0 Å². The second kappa shape index (κ2) is 5.46. The zero-order valence-corrected chi connectivity index (χ0v) is 12.1. The Morgan fingerprint density at radius 1 is 1.45 bits per heavy atom. The number of aromatic carboxylic acids is 1. The van der Waals surface area contributed by atoms with Crippen molar-refractivity contribution in [1.82, 2.24) is 4.98 Å². The summed E-state index contributed by atoms with van der Waals surface area (Å²) in [7, 11) is 0. The number of nitrogens with one attached hydrogen (secondary N) is 1. The molecule has 0 unspecified atom stereocenters. The normalized spacial score (nSPS) is 10.6. The third kappa shape index (κ3) is 2.72. The molecule has 2 aromatic heterocycles. The lowest BCUT2D eigenvalue weighted by atomic mass is 10.2. The first kappa shape index (κ1) is 14.3. The van der Waals surface area contributed by atoms with Crippen LogP contribution in [0.5, 0.6) is 0 Å². The van der Waals surface area contributed by atoms with Crippen LogP contribution in [0.2, 0.25) is 0 Å². The molecule has 0 aliphatic heterocycles. The van der Waals surface area contributed by atoms with Crippen LogP contribution in [0.15, 0.2) is 10.5 Å². The molecule has 2 N–H and O–H groups in total. The van der Waals surface area contributed by atoms with Crippen molar-refractivity contribution < 1.29 is 19.1 Å². The molecule has 0 aliphatic rings. The summed E-state index contributed by atoms with van der Waals surface area (Å²) in [4.78, 5) is 28.2. The topological polar surface area (TPSA) is 92.4 Å². The maximum Gasteiger partial charge on any atom is 0.338 e. The van der Waals surface area contributed by atoms with Crippen LogP contribution in [0.1, 0.15) is 44.3 Å². The number of aromatic nitrogens is 1. The SMILES string of the molecule is CCc1cc(C(=O)O)c(NC(=O)c2oc(C)nc2C)s1. The molecule has 20 heavy (non-hydrogen) atoms. The molecule has 2 aromatic rings. The summed E-state index contributed by atoms with van der Waals surface area (Å²) >= 11 is 1.25. The summed E-state index contributed by atoms with van der Waals surface area (Å²) in [6.45, 7) is 5.23. The van der Waals surface area contributed by atoms with E-state index in [-0.39, 0.29) is 11.3 Å². The average molecular weight is 294 g/mol. The van der Waals surface area contributed by atoms with Crippen LogP contribution in [0.3, 0.4) is 0 Å². The number of carboxylic acid groups (broad SMARTS) is 1. The lowest BCUT2D eigenvalue weighted by molar-refractivity contribution is 0.0698. The number of oxazole rings is 1. The predicted molar refractivity (Wildman–Crippen MR) is 74.6 cm³/mol. The van der Waals surface area contributed by atoms with Crippen molar-refractivity contribution in [1.29, 1.82) is 0 Å². The number of carbonyl (C=O) groups excluding carboxylic acids is 1. The van der Waals surface area contributed by atoms with Gasteiger partial charge in [0.15, 0.2) is 5.89 Å². The van der Waals surface area contributed by atoms with Crippen LogP contribution in [-0.2, 0) is 6.42 Å². The van der Waals surface area contributed by atoms with Crippen LogP contribution < -0.4 is 5.32 Å². The van der Waals surface area contributed by atoms with Crippen LogP contribution in [0.4, 0.5) is 5.00 Å². The number of carboxylic acids is 1. The number of amides is 1. The van der Waals surface area contributed by atoms with Gasteiger partial charge in [-0.05, 0) is 19.4 Å². The number of nitrogens with zero attached hydrogens (tertiary/aromatic N) is 1. The van der Waals surface area contributed by atoms with Crippen molar-refractivity contribution >= 4 is 28.2 Å². The maximum atomic E-state index is 12.1. The molecule has 0 aliphatic carbocycles. The standard InChI is InChI=1S/C13H14N2O4S/c1-4-8-5-9(13(17)18)12(20-8)15-11(16)10-6(2)14-7(3)19-10/h5H,4H2,1-3H3,(H,15,16)(H,17,18). The highest BCUT2D eigenvalue weighted by Crippen LogP contribution is 2.29. The Morgan fingerprint density at radius 3 is 2.65 bits per heavy atom. The van der Waals surface area contributed by atoms with Gasteiger partial charge in [0, 0.05) is 11.8 Å². The van der Waals surface area contributed by atoms with Crippen LogP contribution >= 0.6 is 11.3 Å². The molecule has 0 atom stereocenters. The van der Waals surface area contributed by atoms with Gasteiger partial charge in [-0.2, -0.15) is 0 Å². The molecule has 0 bridgehead atoms. The number of hydrogen-bond acceptors (Lipinski definition) is 5. The summed E-state index contributed by atoms with van der Waals surface area (Å²) < 4.78 is 5.22. The van der Waals surface area contributed by atoms with E-state index in [0.29, 0.717) is 23.0 Å². The van der Waals surface area contributed by atoms with Crippen LogP contribution in [0, 0.1) is 13.8 Å². The maximum absolute atomic E-state index is 12.1. The van der Waals surface area contributed by atoms with Crippen molar-refractivity contribution in [2.45, 2.75) is 27.2 Å². The highest BCUT2D eigenvalue weighted by atomic mass is 32.1. The molecule has 7 heteroatoms. The van der Waals surface area contributed by atoms with Crippen LogP contribution in [0.25, 0.3) is 0 Å². The van der Waals surface area contributed by atoms with Crippen molar-refractivity contribution in [3.05, 3.63) is 33.9 Å². The average Bonchev–Trinajstić information content (AvgIpc) is 2.92. The zero-order valence-electron chi connectivity index (χ0n) is 11.3. The Kier molecular flexibility index (Phi) is 3.89. The van der Waals surface area contributed by atoms with Gasteiger partial charge in [-0.3, -0.25) is 4.79 Å². The summed E-state index contributed by atoms with van der Waals surface area (Å²) in [6, 6.07) is 1.57. The van der Waals surface area contributed by atoms with Gasteiger partial charge in [0.1, 0.15) is 5.00 Å². The van der Waals surface area contributed by atoms with Gasteiger partial charge in [0.2, 0.25) is 5.76 Å². The molecule has 0 saturated heterocycles. The number of thiophene rings is 1. The first-order valence-corrected chi connectivity index (χ1v) is 6.85. The third-order valence-corrected chi connectivity index (χ3v) is 3.89. The van der Waals surface area contributed by atoms with E-state index in [1.165, 1.54) is 11.3 Å². The van der Waals surface area contributed by atoms with Crippen molar-refractivity contribution in [2.75, 3.05) is 5.32 Å². The Hall–Kier alpha value is -2.15. The fourth-order valence-electron chi connectivity index (χ4n) is 1.77. The molecular formula is C13H14N2O4S. The lowest BCUT2D eigenvalue weighted by Gasteiger charge is -2.01. The molecular weight excluding hydrogens is 280 g/mol. The van der Waals surface area contributed by atoms with Gasteiger partial charge >= 0.3 is 5.97 Å². The lowest BCUT2D eigenvalue weighted by Crippen LogP contribution is -2.13. The number of rotatable bonds is 4. The molecule has 0 fully saturated rings. The highest BCUT2D eigenvalue weighted by molar-refractivity contribution is 7.16. The summed E-state index contributed by atoms with van der Waals surface area (Å²) in [5, 5.41) is 12.0.